The number of alkyl halides is 1. The zero-order chi connectivity index (χ0) is 11.1. The van der Waals surface area contributed by atoms with Crippen LogP contribution < -0.4 is 4.74 Å². The molecule has 0 bridgehead atoms. The van der Waals surface area contributed by atoms with E-state index < -0.39 is 0 Å². The number of rotatable bonds is 6. The molecular formula is C11H15BrO2S. The van der Waals surface area contributed by atoms with Crippen molar-refractivity contribution in [3.63, 3.8) is 0 Å². The van der Waals surface area contributed by atoms with Gasteiger partial charge in [0.05, 0.1) is 18.6 Å². The Bertz CT molecular complexity index is 294. The molecule has 0 aliphatic rings. The third-order valence-corrected chi connectivity index (χ3v) is 3.59. The van der Waals surface area contributed by atoms with Crippen molar-refractivity contribution in [2.45, 2.75) is 23.1 Å². The van der Waals surface area contributed by atoms with Gasteiger partial charge in [-0.1, -0.05) is 35.0 Å². The van der Waals surface area contributed by atoms with Gasteiger partial charge in [0.2, 0.25) is 0 Å². The number of halogens is 1. The summed E-state index contributed by atoms with van der Waals surface area (Å²) in [5.41, 5.74) is 0. The van der Waals surface area contributed by atoms with E-state index in [-0.39, 0.29) is 0 Å². The molecule has 0 radical (unpaired) electrons. The van der Waals surface area contributed by atoms with Crippen molar-refractivity contribution < 1.29 is 8.92 Å². The maximum atomic E-state index is 5.50. The fourth-order valence-corrected chi connectivity index (χ4v) is 2.01. The molecule has 15 heavy (non-hydrogen) atoms. The number of hydrogen-bond acceptors (Lipinski definition) is 3. The molecule has 0 aromatic heterocycles. The highest BCUT2D eigenvalue weighted by Crippen LogP contribution is 2.29. The largest absolute Gasteiger partial charge is 0.496 e. The fourth-order valence-electron chi connectivity index (χ4n) is 0.977. The van der Waals surface area contributed by atoms with E-state index in [1.807, 2.05) is 24.3 Å². The third kappa shape index (κ3) is 4.45. The highest BCUT2D eigenvalue weighted by Gasteiger charge is 2.05. The van der Waals surface area contributed by atoms with E-state index in [1.54, 1.807) is 7.11 Å². The number of methoxy groups -OCH3 is 1. The van der Waals surface area contributed by atoms with Crippen molar-refractivity contribution in [1.29, 1.82) is 0 Å². The van der Waals surface area contributed by atoms with Crippen LogP contribution in [0.2, 0.25) is 0 Å². The van der Waals surface area contributed by atoms with Gasteiger partial charge in [0.25, 0.3) is 0 Å². The first-order chi connectivity index (χ1) is 7.27. The molecule has 0 spiro atoms. The maximum absolute atomic E-state index is 5.50. The topological polar surface area (TPSA) is 18.5 Å². The average molecular weight is 291 g/mol. The highest BCUT2D eigenvalue weighted by molar-refractivity contribution is 9.09. The van der Waals surface area contributed by atoms with Crippen LogP contribution in [0.5, 0.6) is 5.75 Å². The predicted octanol–water partition coefficient (Wildman–Crippen LogP) is 3.89. The first-order valence-corrected chi connectivity index (χ1v) is 6.50. The Morgan fingerprint density at radius 3 is 2.80 bits per heavy atom. The fraction of sp³-hybridized carbons (Fsp3) is 0.455. The van der Waals surface area contributed by atoms with Crippen LogP contribution in [0.3, 0.4) is 0 Å². The van der Waals surface area contributed by atoms with Gasteiger partial charge in [-0.05, 0) is 18.6 Å². The Morgan fingerprint density at radius 1 is 1.40 bits per heavy atom. The second-order valence-corrected chi connectivity index (χ2v) is 5.16. The minimum Gasteiger partial charge on any atom is -0.496 e. The van der Waals surface area contributed by atoms with Crippen molar-refractivity contribution in [1.82, 2.24) is 0 Å². The van der Waals surface area contributed by atoms with Crippen molar-refractivity contribution in [2.24, 2.45) is 0 Å². The van der Waals surface area contributed by atoms with Crippen molar-refractivity contribution >= 4 is 28.0 Å². The maximum Gasteiger partial charge on any atom is 0.134 e. The van der Waals surface area contributed by atoms with Crippen LogP contribution in [-0.4, -0.2) is 18.5 Å². The van der Waals surface area contributed by atoms with Gasteiger partial charge in [0.1, 0.15) is 5.75 Å². The quantitative estimate of drug-likeness (QED) is 0.585. The molecule has 1 aromatic rings. The second kappa shape index (κ2) is 7.14. The summed E-state index contributed by atoms with van der Waals surface area (Å²) in [5, 5.41) is 0. The van der Waals surface area contributed by atoms with Gasteiger partial charge in [-0.2, -0.15) is 0 Å². The molecule has 84 valence electrons. The van der Waals surface area contributed by atoms with Gasteiger partial charge in [-0.3, -0.25) is 0 Å². The zero-order valence-corrected chi connectivity index (χ0v) is 11.3. The van der Waals surface area contributed by atoms with Crippen LogP contribution in [0.15, 0.2) is 29.2 Å². The van der Waals surface area contributed by atoms with Gasteiger partial charge in [0.15, 0.2) is 0 Å². The molecule has 2 nitrogen and oxygen atoms in total. The standard InChI is InChI=1S/C11H15BrO2S/c1-3-9(12)8-14-15-11-7-5-4-6-10(11)13-2/h4-7,9H,3,8H2,1-2H3. The average Bonchev–Trinajstić information content (AvgIpc) is 2.29. The summed E-state index contributed by atoms with van der Waals surface area (Å²) in [4.78, 5) is 1.43. The van der Waals surface area contributed by atoms with E-state index in [4.69, 9.17) is 8.92 Å². The molecule has 0 aliphatic heterocycles. The highest BCUT2D eigenvalue weighted by atomic mass is 79.9. The van der Waals surface area contributed by atoms with E-state index in [2.05, 4.69) is 22.9 Å². The molecule has 0 fully saturated rings. The van der Waals surface area contributed by atoms with Crippen molar-refractivity contribution in [3.8, 4) is 5.75 Å². The Hall–Kier alpha value is -0.190. The smallest absolute Gasteiger partial charge is 0.134 e. The summed E-state index contributed by atoms with van der Waals surface area (Å²) in [7, 11) is 1.67. The molecule has 1 rings (SSSR count). The van der Waals surface area contributed by atoms with E-state index in [1.165, 1.54) is 12.0 Å². The van der Waals surface area contributed by atoms with E-state index in [0.717, 1.165) is 17.1 Å². The molecular weight excluding hydrogens is 276 g/mol. The van der Waals surface area contributed by atoms with Gasteiger partial charge >= 0.3 is 0 Å². The molecule has 0 saturated heterocycles. The van der Waals surface area contributed by atoms with Gasteiger partial charge in [-0.15, -0.1) is 0 Å². The Kier molecular flexibility index (Phi) is 6.13. The van der Waals surface area contributed by atoms with Crippen LogP contribution >= 0.6 is 28.0 Å². The van der Waals surface area contributed by atoms with Gasteiger partial charge in [-0.25, -0.2) is 0 Å². The summed E-state index contributed by atoms with van der Waals surface area (Å²) in [5.74, 6) is 0.852. The van der Waals surface area contributed by atoms with Crippen LogP contribution in [0.4, 0.5) is 0 Å². The Balaban J connectivity index is 2.43. The molecule has 0 amide bonds. The number of ether oxygens (including phenoxy) is 1. The van der Waals surface area contributed by atoms with Gasteiger partial charge in [0, 0.05) is 16.9 Å². The lowest BCUT2D eigenvalue weighted by molar-refractivity contribution is 0.366. The number of hydrogen-bond donors (Lipinski definition) is 0. The first-order valence-electron chi connectivity index (χ1n) is 4.84. The summed E-state index contributed by atoms with van der Waals surface area (Å²) >= 11 is 4.88. The van der Waals surface area contributed by atoms with E-state index >= 15 is 0 Å². The van der Waals surface area contributed by atoms with Crippen LogP contribution in [-0.2, 0) is 4.18 Å². The molecule has 1 aromatic carbocycles. The van der Waals surface area contributed by atoms with Crippen LogP contribution in [0, 0.1) is 0 Å². The monoisotopic (exact) mass is 290 g/mol. The molecule has 0 N–H and O–H groups in total. The number of benzene rings is 1. The minimum absolute atomic E-state index is 0.416. The Labute approximate surface area is 104 Å². The van der Waals surface area contributed by atoms with Gasteiger partial charge < -0.3 is 8.92 Å². The van der Waals surface area contributed by atoms with E-state index in [9.17, 15) is 0 Å². The van der Waals surface area contributed by atoms with Crippen LogP contribution in [0.1, 0.15) is 13.3 Å². The van der Waals surface area contributed by atoms with E-state index in [0.29, 0.717) is 11.4 Å². The molecule has 0 heterocycles. The van der Waals surface area contributed by atoms with Crippen LogP contribution in [0.25, 0.3) is 0 Å². The predicted molar refractivity (Wildman–Crippen MR) is 67.8 cm³/mol. The zero-order valence-electron chi connectivity index (χ0n) is 8.90. The minimum atomic E-state index is 0.416. The van der Waals surface area contributed by atoms with Crippen molar-refractivity contribution in [3.05, 3.63) is 24.3 Å². The SMILES string of the molecule is CCC(Br)COSc1ccccc1OC. The first kappa shape index (κ1) is 12.9. The summed E-state index contributed by atoms with van der Waals surface area (Å²) in [6.07, 6.45) is 1.06. The molecule has 1 atom stereocenters. The summed E-state index contributed by atoms with van der Waals surface area (Å²) in [6, 6.07) is 7.83. The molecule has 0 saturated carbocycles. The lowest BCUT2D eigenvalue weighted by atomic mass is 10.3. The lowest BCUT2D eigenvalue weighted by Crippen LogP contribution is -2.03. The Morgan fingerprint density at radius 2 is 2.13 bits per heavy atom. The molecule has 1 unspecified atom stereocenters. The summed E-state index contributed by atoms with van der Waals surface area (Å²) < 4.78 is 10.7. The summed E-state index contributed by atoms with van der Waals surface area (Å²) in [6.45, 7) is 2.82. The normalized spacial score (nSPS) is 12.5. The lowest BCUT2D eigenvalue weighted by Gasteiger charge is -2.09. The molecule has 4 heteroatoms. The third-order valence-electron chi connectivity index (χ3n) is 1.91. The number of para-hydroxylation sites is 1. The molecule has 0 aliphatic carbocycles. The van der Waals surface area contributed by atoms with Crippen molar-refractivity contribution in [2.75, 3.05) is 13.7 Å². The second-order valence-electron chi connectivity index (χ2n) is 3.02.